The van der Waals surface area contributed by atoms with Crippen molar-refractivity contribution in [3.8, 4) is 5.75 Å². The zero-order valence-electron chi connectivity index (χ0n) is 11.0. The van der Waals surface area contributed by atoms with Crippen molar-refractivity contribution in [3.05, 3.63) is 69.0 Å². The SMILES string of the molecule is Nc1ccccc1OCc1cc(=O)oc2cc(Br)ccc12. The van der Waals surface area contributed by atoms with Gasteiger partial charge in [-0.05, 0) is 30.3 Å². The van der Waals surface area contributed by atoms with Crippen LogP contribution in [-0.2, 0) is 6.61 Å². The molecule has 0 radical (unpaired) electrons. The topological polar surface area (TPSA) is 65.5 Å². The molecule has 0 saturated carbocycles. The van der Waals surface area contributed by atoms with Gasteiger partial charge in [0.15, 0.2) is 0 Å². The summed E-state index contributed by atoms with van der Waals surface area (Å²) >= 11 is 3.36. The van der Waals surface area contributed by atoms with Crippen molar-refractivity contribution in [2.24, 2.45) is 0 Å². The number of fused-ring (bicyclic) bond motifs is 1. The molecule has 0 aliphatic carbocycles. The van der Waals surface area contributed by atoms with Gasteiger partial charge in [-0.1, -0.05) is 28.1 Å². The number of ether oxygens (including phenoxy) is 1. The second kappa shape index (κ2) is 5.61. The van der Waals surface area contributed by atoms with Gasteiger partial charge in [-0.15, -0.1) is 0 Å². The van der Waals surface area contributed by atoms with Crippen LogP contribution in [0.15, 0.2) is 62.2 Å². The monoisotopic (exact) mass is 345 g/mol. The van der Waals surface area contributed by atoms with Crippen molar-refractivity contribution >= 4 is 32.6 Å². The molecule has 3 rings (SSSR count). The minimum Gasteiger partial charge on any atom is -0.487 e. The lowest BCUT2D eigenvalue weighted by Crippen LogP contribution is -2.04. The Hall–Kier alpha value is -2.27. The Balaban J connectivity index is 1.97. The van der Waals surface area contributed by atoms with Crippen LogP contribution in [0, 0.1) is 0 Å². The van der Waals surface area contributed by atoms with Crippen LogP contribution in [0.4, 0.5) is 5.69 Å². The number of hydrogen-bond donors (Lipinski definition) is 1. The van der Waals surface area contributed by atoms with Gasteiger partial charge in [-0.25, -0.2) is 4.79 Å². The Morgan fingerprint density at radius 3 is 2.76 bits per heavy atom. The summed E-state index contributed by atoms with van der Waals surface area (Å²) in [4.78, 5) is 11.6. The van der Waals surface area contributed by atoms with Crippen LogP contribution in [0.25, 0.3) is 11.0 Å². The minimum atomic E-state index is -0.403. The van der Waals surface area contributed by atoms with Gasteiger partial charge in [0.25, 0.3) is 0 Å². The Labute approximate surface area is 129 Å². The highest BCUT2D eigenvalue weighted by molar-refractivity contribution is 9.10. The number of hydrogen-bond acceptors (Lipinski definition) is 4. The van der Waals surface area contributed by atoms with E-state index in [0.717, 1.165) is 15.4 Å². The fraction of sp³-hybridized carbons (Fsp3) is 0.0625. The number of anilines is 1. The van der Waals surface area contributed by atoms with Crippen LogP contribution < -0.4 is 16.1 Å². The molecule has 0 unspecified atom stereocenters. The maximum Gasteiger partial charge on any atom is 0.336 e. The molecule has 0 fully saturated rings. The van der Waals surface area contributed by atoms with E-state index < -0.39 is 5.63 Å². The second-order valence-electron chi connectivity index (χ2n) is 4.56. The molecule has 0 bridgehead atoms. The molecule has 4 nitrogen and oxygen atoms in total. The summed E-state index contributed by atoms with van der Waals surface area (Å²) < 4.78 is 11.7. The molecular weight excluding hydrogens is 334 g/mol. The Kier molecular flexibility index (Phi) is 3.66. The van der Waals surface area contributed by atoms with Gasteiger partial charge >= 0.3 is 5.63 Å². The summed E-state index contributed by atoms with van der Waals surface area (Å²) in [6, 6.07) is 14.2. The number of nitrogen functional groups attached to an aromatic ring is 1. The number of rotatable bonds is 3. The van der Waals surface area contributed by atoms with Crippen molar-refractivity contribution in [2.45, 2.75) is 6.61 Å². The van der Waals surface area contributed by atoms with Gasteiger partial charge in [0, 0.05) is 21.5 Å². The number of halogens is 1. The van der Waals surface area contributed by atoms with E-state index >= 15 is 0 Å². The van der Waals surface area contributed by atoms with E-state index in [0.29, 0.717) is 17.0 Å². The number of nitrogens with two attached hydrogens (primary N) is 1. The average Bonchev–Trinajstić information content (AvgIpc) is 2.45. The maximum absolute atomic E-state index is 11.6. The molecule has 2 aromatic carbocycles. The highest BCUT2D eigenvalue weighted by atomic mass is 79.9. The molecule has 0 atom stereocenters. The van der Waals surface area contributed by atoms with E-state index in [1.54, 1.807) is 18.2 Å². The van der Waals surface area contributed by atoms with E-state index in [2.05, 4.69) is 15.9 Å². The second-order valence-corrected chi connectivity index (χ2v) is 5.47. The van der Waals surface area contributed by atoms with Gasteiger partial charge in [0.05, 0.1) is 5.69 Å². The minimum absolute atomic E-state index is 0.248. The first kappa shape index (κ1) is 13.7. The van der Waals surface area contributed by atoms with E-state index in [4.69, 9.17) is 14.9 Å². The van der Waals surface area contributed by atoms with Gasteiger partial charge in [0.1, 0.15) is 17.9 Å². The molecule has 0 spiro atoms. The molecule has 2 N–H and O–H groups in total. The molecule has 0 saturated heterocycles. The molecule has 3 aromatic rings. The maximum atomic E-state index is 11.6. The van der Waals surface area contributed by atoms with Crippen LogP contribution >= 0.6 is 15.9 Å². The summed E-state index contributed by atoms with van der Waals surface area (Å²) in [5.74, 6) is 0.594. The first-order valence-corrected chi connectivity index (χ1v) is 7.12. The summed E-state index contributed by atoms with van der Waals surface area (Å²) in [5.41, 5.74) is 7.28. The highest BCUT2D eigenvalue weighted by Crippen LogP contribution is 2.25. The van der Waals surface area contributed by atoms with Crippen molar-refractivity contribution in [1.29, 1.82) is 0 Å². The van der Waals surface area contributed by atoms with E-state index in [-0.39, 0.29) is 6.61 Å². The first-order chi connectivity index (χ1) is 10.1. The smallest absolute Gasteiger partial charge is 0.336 e. The van der Waals surface area contributed by atoms with Crippen LogP contribution in [-0.4, -0.2) is 0 Å². The molecular formula is C16H12BrNO3. The van der Waals surface area contributed by atoms with Gasteiger partial charge < -0.3 is 14.9 Å². The van der Waals surface area contributed by atoms with Crippen LogP contribution in [0.2, 0.25) is 0 Å². The third kappa shape index (κ3) is 2.92. The van der Waals surface area contributed by atoms with Crippen LogP contribution in [0.3, 0.4) is 0 Å². The molecule has 0 amide bonds. The normalized spacial score (nSPS) is 10.7. The average molecular weight is 346 g/mol. The molecule has 106 valence electrons. The van der Waals surface area contributed by atoms with Crippen LogP contribution in [0.1, 0.15) is 5.56 Å². The lowest BCUT2D eigenvalue weighted by Gasteiger charge is -2.10. The molecule has 0 aliphatic rings. The van der Waals surface area contributed by atoms with E-state index in [1.807, 2.05) is 24.3 Å². The summed E-state index contributed by atoms with van der Waals surface area (Å²) in [7, 11) is 0. The summed E-state index contributed by atoms with van der Waals surface area (Å²) in [6.45, 7) is 0.248. The molecule has 5 heteroatoms. The zero-order valence-corrected chi connectivity index (χ0v) is 12.6. The molecule has 1 heterocycles. The Morgan fingerprint density at radius 1 is 1.14 bits per heavy atom. The fourth-order valence-corrected chi connectivity index (χ4v) is 2.43. The third-order valence-corrected chi connectivity index (χ3v) is 3.59. The lowest BCUT2D eigenvalue weighted by molar-refractivity contribution is 0.308. The lowest BCUT2D eigenvalue weighted by atomic mass is 10.1. The van der Waals surface area contributed by atoms with Gasteiger partial charge in [0.2, 0.25) is 0 Å². The quantitative estimate of drug-likeness (QED) is 0.580. The Bertz CT molecular complexity index is 858. The highest BCUT2D eigenvalue weighted by Gasteiger charge is 2.08. The molecule has 21 heavy (non-hydrogen) atoms. The van der Waals surface area contributed by atoms with E-state index in [9.17, 15) is 4.79 Å². The number of benzene rings is 2. The summed E-state index contributed by atoms with van der Waals surface area (Å²) in [5, 5.41) is 0.840. The predicted molar refractivity (Wildman–Crippen MR) is 85.4 cm³/mol. The number of para-hydroxylation sites is 2. The van der Waals surface area contributed by atoms with Gasteiger partial charge in [-0.2, -0.15) is 0 Å². The van der Waals surface area contributed by atoms with Gasteiger partial charge in [-0.3, -0.25) is 0 Å². The Morgan fingerprint density at radius 2 is 1.95 bits per heavy atom. The van der Waals surface area contributed by atoms with Crippen molar-refractivity contribution in [2.75, 3.05) is 5.73 Å². The van der Waals surface area contributed by atoms with Crippen LogP contribution in [0.5, 0.6) is 5.75 Å². The molecule has 1 aromatic heterocycles. The first-order valence-electron chi connectivity index (χ1n) is 6.33. The third-order valence-electron chi connectivity index (χ3n) is 3.09. The van der Waals surface area contributed by atoms with E-state index in [1.165, 1.54) is 6.07 Å². The van der Waals surface area contributed by atoms with Crippen molar-refractivity contribution < 1.29 is 9.15 Å². The molecule has 0 aliphatic heterocycles. The fourth-order valence-electron chi connectivity index (χ4n) is 2.09. The standard InChI is InChI=1S/C16H12BrNO3/c17-11-5-6-12-10(7-16(19)21-15(12)8-11)9-20-14-4-2-1-3-13(14)18/h1-8H,9,18H2. The summed E-state index contributed by atoms with van der Waals surface area (Å²) in [6.07, 6.45) is 0. The zero-order chi connectivity index (χ0) is 14.8. The predicted octanol–water partition coefficient (Wildman–Crippen LogP) is 3.72. The van der Waals surface area contributed by atoms with Crippen molar-refractivity contribution in [1.82, 2.24) is 0 Å². The largest absolute Gasteiger partial charge is 0.487 e. The van der Waals surface area contributed by atoms with Crippen molar-refractivity contribution in [3.63, 3.8) is 0 Å².